The molecule has 1 aliphatic carbocycles. The van der Waals surface area contributed by atoms with E-state index in [2.05, 4.69) is 4.99 Å². The molecule has 4 heteroatoms. The van der Waals surface area contributed by atoms with Gasteiger partial charge in [-0.2, -0.15) is 0 Å². The molecule has 0 fully saturated rings. The molecular weight excluding hydrogens is 202 g/mol. The Bertz CT molecular complexity index is 404. The first-order valence-electron chi connectivity index (χ1n) is 4.24. The lowest BCUT2D eigenvalue weighted by atomic mass is 9.95. The Hall–Kier alpha value is -1.35. The number of allylic oxidation sites excluding steroid dienone is 2. The number of carbonyl (C=O) groups is 1. The number of dihydropyridines is 1. The molecular formula is C10H8ClNO2. The van der Waals surface area contributed by atoms with Gasteiger partial charge in [-0.25, -0.2) is 4.79 Å². The molecule has 1 unspecified atom stereocenters. The molecule has 72 valence electrons. The van der Waals surface area contributed by atoms with Crippen LogP contribution < -0.4 is 0 Å². The first-order valence-corrected chi connectivity index (χ1v) is 4.61. The van der Waals surface area contributed by atoms with Crippen LogP contribution in [0.4, 0.5) is 0 Å². The van der Waals surface area contributed by atoms with Gasteiger partial charge in [-0.3, -0.25) is 4.99 Å². The van der Waals surface area contributed by atoms with E-state index < -0.39 is 5.97 Å². The van der Waals surface area contributed by atoms with Crippen molar-refractivity contribution in [2.24, 2.45) is 4.99 Å². The van der Waals surface area contributed by atoms with Gasteiger partial charge in [0, 0.05) is 0 Å². The van der Waals surface area contributed by atoms with Crippen LogP contribution in [0.1, 0.15) is 6.42 Å². The van der Waals surface area contributed by atoms with Crippen LogP contribution in [0.25, 0.3) is 0 Å². The third-order valence-electron chi connectivity index (χ3n) is 2.20. The molecule has 1 N–H and O–H groups in total. The van der Waals surface area contributed by atoms with Crippen molar-refractivity contribution in [3.8, 4) is 0 Å². The van der Waals surface area contributed by atoms with Gasteiger partial charge in [-0.15, -0.1) is 0 Å². The fraction of sp³-hybridized carbons (Fsp3) is 0.200. The standard InChI is InChI=1S/C10H8ClNO2/c11-9-7(10(13)14)5-6-3-1-2-4-8(6)12-9/h1-3,5,8H,4H2,(H,13,14). The number of hydrogen-bond acceptors (Lipinski definition) is 2. The van der Waals surface area contributed by atoms with Gasteiger partial charge in [0.1, 0.15) is 5.17 Å². The van der Waals surface area contributed by atoms with E-state index in [1.807, 2.05) is 18.2 Å². The highest BCUT2D eigenvalue weighted by Crippen LogP contribution is 2.25. The largest absolute Gasteiger partial charge is 0.478 e. The second-order valence-electron chi connectivity index (χ2n) is 3.13. The number of rotatable bonds is 1. The zero-order valence-corrected chi connectivity index (χ0v) is 8.03. The Labute approximate surface area is 86.1 Å². The van der Waals surface area contributed by atoms with Crippen LogP contribution in [0.5, 0.6) is 0 Å². The van der Waals surface area contributed by atoms with Crippen molar-refractivity contribution < 1.29 is 9.90 Å². The molecule has 1 aliphatic heterocycles. The van der Waals surface area contributed by atoms with Gasteiger partial charge in [0.2, 0.25) is 0 Å². The minimum absolute atomic E-state index is 0.00407. The third-order valence-corrected chi connectivity index (χ3v) is 2.50. The monoisotopic (exact) mass is 209 g/mol. The first-order chi connectivity index (χ1) is 6.68. The van der Waals surface area contributed by atoms with E-state index in [9.17, 15) is 4.79 Å². The van der Waals surface area contributed by atoms with Gasteiger partial charge in [-0.05, 0) is 18.1 Å². The van der Waals surface area contributed by atoms with E-state index in [4.69, 9.17) is 16.7 Å². The number of hydrogen-bond donors (Lipinski definition) is 1. The van der Waals surface area contributed by atoms with E-state index in [-0.39, 0.29) is 16.8 Å². The van der Waals surface area contributed by atoms with E-state index in [1.54, 1.807) is 6.08 Å². The topological polar surface area (TPSA) is 49.7 Å². The van der Waals surface area contributed by atoms with Crippen molar-refractivity contribution in [3.05, 3.63) is 35.5 Å². The van der Waals surface area contributed by atoms with Gasteiger partial charge in [0.15, 0.2) is 0 Å². The first kappa shape index (κ1) is 9.21. The number of fused-ring (bicyclic) bond motifs is 1. The Morgan fingerprint density at radius 1 is 1.64 bits per heavy atom. The zero-order chi connectivity index (χ0) is 10.1. The van der Waals surface area contributed by atoms with Crippen LogP contribution in [-0.2, 0) is 4.79 Å². The lowest BCUT2D eigenvalue weighted by Gasteiger charge is -2.20. The summed E-state index contributed by atoms with van der Waals surface area (Å²) in [5, 5.41) is 8.91. The lowest BCUT2D eigenvalue weighted by molar-refractivity contribution is -0.132. The second kappa shape index (κ2) is 3.42. The molecule has 2 rings (SSSR count). The summed E-state index contributed by atoms with van der Waals surface area (Å²) in [6, 6.07) is -0.00407. The Morgan fingerprint density at radius 2 is 2.43 bits per heavy atom. The van der Waals surface area contributed by atoms with Crippen molar-refractivity contribution in [1.29, 1.82) is 0 Å². The minimum Gasteiger partial charge on any atom is -0.478 e. The number of carboxylic acids is 1. The number of aliphatic carboxylic acids is 1. The van der Waals surface area contributed by atoms with Crippen molar-refractivity contribution in [2.45, 2.75) is 12.5 Å². The van der Waals surface area contributed by atoms with Crippen molar-refractivity contribution in [3.63, 3.8) is 0 Å². The Morgan fingerprint density at radius 3 is 3.14 bits per heavy atom. The molecule has 0 saturated carbocycles. The molecule has 0 spiro atoms. The highest BCUT2D eigenvalue weighted by Gasteiger charge is 2.23. The van der Waals surface area contributed by atoms with Gasteiger partial charge in [-0.1, -0.05) is 29.8 Å². The van der Waals surface area contributed by atoms with Crippen LogP contribution >= 0.6 is 11.6 Å². The molecule has 0 aromatic heterocycles. The minimum atomic E-state index is -1.03. The number of halogens is 1. The molecule has 14 heavy (non-hydrogen) atoms. The Balaban J connectivity index is 2.41. The molecule has 3 nitrogen and oxygen atoms in total. The average Bonchev–Trinajstić information content (AvgIpc) is 2.16. The molecule has 1 heterocycles. The average molecular weight is 210 g/mol. The maximum atomic E-state index is 10.8. The maximum absolute atomic E-state index is 10.8. The molecule has 0 amide bonds. The van der Waals surface area contributed by atoms with Crippen molar-refractivity contribution >= 4 is 22.7 Å². The predicted octanol–water partition coefficient (Wildman–Crippen LogP) is 1.90. The van der Waals surface area contributed by atoms with Crippen LogP contribution in [0.15, 0.2) is 40.4 Å². The highest BCUT2D eigenvalue weighted by molar-refractivity contribution is 6.72. The number of carboxylic acid groups (broad SMARTS) is 1. The SMILES string of the molecule is O=C(O)C1=CC2=CC=CCC2N=C1Cl. The molecule has 1 atom stereocenters. The number of aliphatic imine (C=N–C) groups is 1. The quantitative estimate of drug-likeness (QED) is 0.717. The normalized spacial score (nSPS) is 24.6. The molecule has 0 aromatic carbocycles. The number of nitrogens with zero attached hydrogens (tertiary/aromatic N) is 1. The lowest BCUT2D eigenvalue weighted by Crippen LogP contribution is -2.20. The molecule has 2 aliphatic rings. The summed E-state index contributed by atoms with van der Waals surface area (Å²) in [6.07, 6.45) is 8.12. The van der Waals surface area contributed by atoms with Gasteiger partial charge in [0.05, 0.1) is 11.6 Å². The molecule has 0 aromatic rings. The summed E-state index contributed by atoms with van der Waals surface area (Å²) >= 11 is 5.75. The van der Waals surface area contributed by atoms with E-state index >= 15 is 0 Å². The Kier molecular flexibility index (Phi) is 2.25. The van der Waals surface area contributed by atoms with Crippen LogP contribution in [0.3, 0.4) is 0 Å². The summed E-state index contributed by atoms with van der Waals surface area (Å²) < 4.78 is 0. The van der Waals surface area contributed by atoms with Crippen LogP contribution in [0, 0.1) is 0 Å². The maximum Gasteiger partial charge on any atom is 0.338 e. The van der Waals surface area contributed by atoms with Crippen LogP contribution in [-0.4, -0.2) is 22.3 Å². The van der Waals surface area contributed by atoms with E-state index in [0.29, 0.717) is 0 Å². The van der Waals surface area contributed by atoms with E-state index in [1.165, 1.54) is 0 Å². The fourth-order valence-corrected chi connectivity index (χ4v) is 1.74. The summed E-state index contributed by atoms with van der Waals surface area (Å²) in [5.74, 6) is -1.03. The summed E-state index contributed by atoms with van der Waals surface area (Å²) in [6.45, 7) is 0. The van der Waals surface area contributed by atoms with Gasteiger partial charge >= 0.3 is 5.97 Å². The predicted molar refractivity (Wildman–Crippen MR) is 54.6 cm³/mol. The van der Waals surface area contributed by atoms with E-state index in [0.717, 1.165) is 12.0 Å². The summed E-state index contributed by atoms with van der Waals surface area (Å²) in [7, 11) is 0. The molecule has 0 saturated heterocycles. The van der Waals surface area contributed by atoms with Gasteiger partial charge < -0.3 is 5.11 Å². The summed E-state index contributed by atoms with van der Waals surface area (Å²) in [4.78, 5) is 14.9. The van der Waals surface area contributed by atoms with Gasteiger partial charge in [0.25, 0.3) is 0 Å². The third kappa shape index (κ3) is 1.51. The second-order valence-corrected chi connectivity index (χ2v) is 3.49. The van der Waals surface area contributed by atoms with Crippen molar-refractivity contribution in [2.75, 3.05) is 0 Å². The highest BCUT2D eigenvalue weighted by atomic mass is 35.5. The zero-order valence-electron chi connectivity index (χ0n) is 7.27. The molecule has 0 bridgehead atoms. The fourth-order valence-electron chi connectivity index (χ4n) is 1.49. The van der Waals surface area contributed by atoms with Crippen LogP contribution in [0.2, 0.25) is 0 Å². The molecule has 0 radical (unpaired) electrons. The van der Waals surface area contributed by atoms with Crippen molar-refractivity contribution in [1.82, 2.24) is 0 Å². The smallest absolute Gasteiger partial charge is 0.338 e. The summed E-state index contributed by atoms with van der Waals surface area (Å²) in [5.41, 5.74) is 0.985.